The Labute approximate surface area is 169 Å². The zero-order chi connectivity index (χ0) is 19.8. The molecular weight excluding hydrogens is 372 g/mol. The van der Waals surface area contributed by atoms with Gasteiger partial charge in [-0.25, -0.2) is 5.06 Å². The van der Waals surface area contributed by atoms with Crippen molar-refractivity contribution in [3.8, 4) is 0 Å². The molecule has 146 valence electrons. The smallest absolute Gasteiger partial charge is 0.262 e. The second kappa shape index (κ2) is 7.60. The molecule has 0 aromatic heterocycles. The lowest BCUT2D eigenvalue weighted by atomic mass is 9.90. The monoisotopic (exact) mass is 396 g/mol. The van der Waals surface area contributed by atoms with Crippen LogP contribution < -0.4 is 5.06 Å². The number of thioether (sulfide) groups is 1. The number of hydrogen-bond acceptors (Lipinski definition) is 5. The molecule has 4 rings (SSSR count). The van der Waals surface area contributed by atoms with E-state index in [1.165, 1.54) is 4.90 Å². The summed E-state index contributed by atoms with van der Waals surface area (Å²) in [6, 6.07) is 17.5. The molecule has 0 unspecified atom stereocenters. The van der Waals surface area contributed by atoms with Crippen molar-refractivity contribution in [1.82, 2.24) is 4.90 Å². The summed E-state index contributed by atoms with van der Waals surface area (Å²) in [6.07, 6.45) is 1.26. The number of likely N-dealkylation sites (tertiary alicyclic amines) is 1. The molecule has 28 heavy (non-hydrogen) atoms. The molecule has 0 radical (unpaired) electrons. The largest absolute Gasteiger partial charge is 0.280 e. The van der Waals surface area contributed by atoms with E-state index >= 15 is 0 Å². The summed E-state index contributed by atoms with van der Waals surface area (Å²) in [6.45, 7) is 4.44. The summed E-state index contributed by atoms with van der Waals surface area (Å²) in [4.78, 5) is 34.8. The Bertz CT molecular complexity index is 869. The van der Waals surface area contributed by atoms with Crippen LogP contribution in [0.4, 0.5) is 5.69 Å². The number of rotatable bonds is 5. The molecule has 6 heteroatoms. The Balaban J connectivity index is 1.74. The molecule has 2 amide bonds. The third-order valence-electron chi connectivity index (χ3n) is 5.22. The minimum Gasteiger partial charge on any atom is -0.280 e. The van der Waals surface area contributed by atoms with E-state index in [4.69, 9.17) is 4.84 Å². The first kappa shape index (κ1) is 19.0. The fourth-order valence-corrected chi connectivity index (χ4v) is 4.36. The number of para-hydroxylation sites is 1. The molecular formula is C22H24N2O3S. The fraction of sp³-hybridized carbons (Fsp3) is 0.364. The third kappa shape index (κ3) is 3.20. The first-order valence-corrected chi connectivity index (χ1v) is 10.7. The van der Waals surface area contributed by atoms with E-state index < -0.39 is 12.0 Å². The molecule has 2 aromatic carbocycles. The topological polar surface area (TPSA) is 49.9 Å². The summed E-state index contributed by atoms with van der Waals surface area (Å²) < 4.78 is 0. The lowest BCUT2D eigenvalue weighted by Crippen LogP contribution is -2.39. The van der Waals surface area contributed by atoms with Gasteiger partial charge < -0.3 is 0 Å². The predicted molar refractivity (Wildman–Crippen MR) is 110 cm³/mol. The van der Waals surface area contributed by atoms with Crippen molar-refractivity contribution in [3.63, 3.8) is 0 Å². The molecule has 5 nitrogen and oxygen atoms in total. The lowest BCUT2D eigenvalue weighted by molar-refractivity contribution is -0.143. The molecule has 0 N–H and O–H groups in total. The van der Waals surface area contributed by atoms with Gasteiger partial charge in [0.05, 0.1) is 11.7 Å². The highest BCUT2D eigenvalue weighted by atomic mass is 32.2. The zero-order valence-electron chi connectivity index (χ0n) is 16.2. The molecule has 0 aliphatic carbocycles. The van der Waals surface area contributed by atoms with Crippen LogP contribution in [0, 0.1) is 11.8 Å². The fourth-order valence-electron chi connectivity index (χ4n) is 3.96. The number of carbonyl (C=O) groups is 2. The maximum absolute atomic E-state index is 13.2. The van der Waals surface area contributed by atoms with Crippen molar-refractivity contribution in [3.05, 3.63) is 60.2 Å². The first-order chi connectivity index (χ1) is 13.5. The number of nitrogens with zero attached hydrogens (tertiary/aromatic N) is 2. The van der Waals surface area contributed by atoms with Crippen molar-refractivity contribution in [2.24, 2.45) is 11.8 Å². The maximum Gasteiger partial charge on any atom is 0.262 e. The van der Waals surface area contributed by atoms with Gasteiger partial charge in [0.2, 0.25) is 5.91 Å². The van der Waals surface area contributed by atoms with Gasteiger partial charge in [-0.1, -0.05) is 44.2 Å². The highest BCUT2D eigenvalue weighted by Crippen LogP contribution is 2.46. The van der Waals surface area contributed by atoms with Gasteiger partial charge in [0.25, 0.3) is 5.91 Å². The van der Waals surface area contributed by atoms with E-state index in [2.05, 4.69) is 0 Å². The normalized spacial score (nSPS) is 24.4. The van der Waals surface area contributed by atoms with Crippen molar-refractivity contribution in [2.45, 2.75) is 30.9 Å². The molecule has 0 saturated carbocycles. The molecule has 0 spiro atoms. The Morgan fingerprint density at radius 3 is 2.29 bits per heavy atom. The number of hydrogen-bond donors (Lipinski definition) is 0. The molecule has 2 aromatic rings. The van der Waals surface area contributed by atoms with Gasteiger partial charge in [0.1, 0.15) is 5.92 Å². The number of hydroxylamine groups is 1. The van der Waals surface area contributed by atoms with Crippen LogP contribution in [0.2, 0.25) is 0 Å². The van der Waals surface area contributed by atoms with E-state index in [1.54, 1.807) is 16.8 Å². The summed E-state index contributed by atoms with van der Waals surface area (Å²) in [5.74, 6) is -0.684. The van der Waals surface area contributed by atoms with E-state index in [0.717, 1.165) is 16.1 Å². The summed E-state index contributed by atoms with van der Waals surface area (Å²) in [7, 11) is 0. The minimum absolute atomic E-state index is 0.138. The Morgan fingerprint density at radius 2 is 1.68 bits per heavy atom. The highest BCUT2D eigenvalue weighted by molar-refractivity contribution is 7.98. The molecule has 2 aliphatic heterocycles. The van der Waals surface area contributed by atoms with Crippen LogP contribution >= 0.6 is 11.8 Å². The molecule has 0 bridgehead atoms. The van der Waals surface area contributed by atoms with Gasteiger partial charge >= 0.3 is 0 Å². The molecule has 2 aliphatic rings. The van der Waals surface area contributed by atoms with Crippen LogP contribution in [0.5, 0.6) is 0 Å². The van der Waals surface area contributed by atoms with E-state index in [9.17, 15) is 9.59 Å². The van der Waals surface area contributed by atoms with Gasteiger partial charge in [-0.15, -0.1) is 11.8 Å². The van der Waals surface area contributed by atoms with Crippen LogP contribution in [-0.4, -0.2) is 35.6 Å². The minimum atomic E-state index is -0.767. The van der Waals surface area contributed by atoms with Crippen molar-refractivity contribution < 1.29 is 14.4 Å². The summed E-state index contributed by atoms with van der Waals surface area (Å²) in [5.41, 5.74) is 1.81. The second-order valence-electron chi connectivity index (χ2n) is 7.61. The van der Waals surface area contributed by atoms with Gasteiger partial charge in [0, 0.05) is 11.4 Å². The third-order valence-corrected chi connectivity index (χ3v) is 5.97. The molecule has 2 fully saturated rings. The van der Waals surface area contributed by atoms with E-state index in [1.807, 2.05) is 74.7 Å². The molecule has 2 heterocycles. The Hall–Kier alpha value is -2.31. The van der Waals surface area contributed by atoms with Gasteiger partial charge in [0.15, 0.2) is 6.10 Å². The van der Waals surface area contributed by atoms with Crippen molar-refractivity contribution in [2.75, 3.05) is 17.9 Å². The van der Waals surface area contributed by atoms with Crippen LogP contribution in [0.3, 0.4) is 0 Å². The highest BCUT2D eigenvalue weighted by Gasteiger charge is 2.59. The van der Waals surface area contributed by atoms with Gasteiger partial charge in [-0.05, 0) is 42.0 Å². The van der Waals surface area contributed by atoms with Crippen LogP contribution in [0.15, 0.2) is 59.5 Å². The van der Waals surface area contributed by atoms with E-state index in [-0.39, 0.29) is 23.8 Å². The van der Waals surface area contributed by atoms with Crippen molar-refractivity contribution in [1.29, 1.82) is 0 Å². The van der Waals surface area contributed by atoms with Crippen LogP contribution in [0.1, 0.15) is 25.5 Å². The standard InChI is InChI=1S/C22H24N2O3S/c1-14(2)13-23-21(25)18-19(15-9-11-17(28-3)12-10-15)24(27-20(18)22(23)26)16-7-5-4-6-8-16/h4-12,14,18-20H,13H2,1-3H3/t18-,19+,20-/m0/s1. The van der Waals surface area contributed by atoms with Crippen LogP contribution in [0.25, 0.3) is 0 Å². The quantitative estimate of drug-likeness (QED) is 0.567. The Kier molecular flexibility index (Phi) is 5.17. The summed E-state index contributed by atoms with van der Waals surface area (Å²) >= 11 is 1.67. The predicted octanol–water partition coefficient (Wildman–Crippen LogP) is 3.91. The maximum atomic E-state index is 13.2. The number of benzene rings is 2. The van der Waals surface area contributed by atoms with Gasteiger partial charge in [-0.2, -0.15) is 0 Å². The SMILES string of the molecule is CSc1ccc([C@@H]2[C@@H]3C(=O)N(CC(C)C)C(=O)[C@H]3ON2c2ccccc2)cc1. The van der Waals surface area contributed by atoms with Gasteiger partial charge in [-0.3, -0.25) is 19.3 Å². The molecule has 3 atom stereocenters. The molecule has 2 saturated heterocycles. The average molecular weight is 397 g/mol. The number of carbonyl (C=O) groups excluding carboxylic acids is 2. The first-order valence-electron chi connectivity index (χ1n) is 9.51. The lowest BCUT2D eigenvalue weighted by Gasteiger charge is -2.29. The Morgan fingerprint density at radius 1 is 1.00 bits per heavy atom. The van der Waals surface area contributed by atoms with E-state index in [0.29, 0.717) is 6.54 Å². The van der Waals surface area contributed by atoms with Crippen molar-refractivity contribution >= 4 is 29.3 Å². The number of imide groups is 1. The summed E-state index contributed by atoms with van der Waals surface area (Å²) in [5, 5.41) is 1.74. The zero-order valence-corrected chi connectivity index (χ0v) is 17.1. The average Bonchev–Trinajstić information content (AvgIpc) is 3.21. The number of amides is 2. The second-order valence-corrected chi connectivity index (χ2v) is 8.49. The number of fused-ring (bicyclic) bond motifs is 1. The van der Waals surface area contributed by atoms with Crippen LogP contribution in [-0.2, 0) is 14.4 Å². The number of anilines is 1.